The molecule has 0 aliphatic carbocycles. The van der Waals surface area contributed by atoms with Crippen molar-refractivity contribution in [1.82, 2.24) is 9.47 Å². The van der Waals surface area contributed by atoms with Gasteiger partial charge >= 0.3 is 5.97 Å². The number of rotatable bonds is 2. The molecule has 1 atom stereocenters. The fourth-order valence-electron chi connectivity index (χ4n) is 3.76. The number of hydrogen-bond acceptors (Lipinski definition) is 2. The summed E-state index contributed by atoms with van der Waals surface area (Å²) in [7, 11) is 1.90. The van der Waals surface area contributed by atoms with Crippen LogP contribution < -0.4 is 0 Å². The normalized spacial score (nSPS) is 16.4. The van der Waals surface area contributed by atoms with Gasteiger partial charge in [0.1, 0.15) is 11.9 Å². The number of amides is 1. The molecule has 1 aliphatic heterocycles. The molecule has 0 fully saturated rings. The van der Waals surface area contributed by atoms with Crippen molar-refractivity contribution in [1.29, 1.82) is 0 Å². The van der Waals surface area contributed by atoms with Crippen molar-refractivity contribution in [3.8, 4) is 0 Å². The number of aryl methyl sites for hydroxylation is 1. The topological polar surface area (TPSA) is 62.5 Å². The summed E-state index contributed by atoms with van der Waals surface area (Å²) in [6.07, 6.45) is 0.215. The van der Waals surface area contributed by atoms with Gasteiger partial charge in [-0.15, -0.1) is 0 Å². The maximum Gasteiger partial charge on any atom is 0.326 e. The molecule has 1 unspecified atom stereocenters. The number of para-hydroxylation sites is 1. The maximum absolute atomic E-state index is 13.4. The van der Waals surface area contributed by atoms with Crippen LogP contribution in [-0.2, 0) is 24.8 Å². The molecule has 0 radical (unpaired) electrons. The molecule has 1 aliphatic rings. The van der Waals surface area contributed by atoms with Gasteiger partial charge in [-0.1, -0.05) is 29.8 Å². The van der Waals surface area contributed by atoms with Crippen LogP contribution in [0.5, 0.6) is 0 Å². The van der Waals surface area contributed by atoms with E-state index in [0.717, 1.165) is 28.2 Å². The third kappa shape index (κ3) is 2.77. The van der Waals surface area contributed by atoms with Gasteiger partial charge in [-0.3, -0.25) is 4.79 Å². The molecule has 0 spiro atoms. The first kappa shape index (κ1) is 17.5. The second-order valence-electron chi connectivity index (χ2n) is 6.62. The average molecular weight is 387 g/mol. The molecule has 27 heavy (non-hydrogen) atoms. The highest BCUT2D eigenvalue weighted by molar-refractivity contribution is 6.31. The molecule has 1 amide bonds. The lowest BCUT2D eigenvalue weighted by Crippen LogP contribution is -2.48. The first-order valence-corrected chi connectivity index (χ1v) is 8.80. The highest BCUT2D eigenvalue weighted by atomic mass is 35.5. The van der Waals surface area contributed by atoms with Crippen LogP contribution >= 0.6 is 11.6 Å². The van der Waals surface area contributed by atoms with E-state index < -0.39 is 23.7 Å². The molecule has 4 rings (SSSR count). The van der Waals surface area contributed by atoms with Crippen LogP contribution in [0.25, 0.3) is 10.9 Å². The molecule has 1 N–H and O–H groups in total. The zero-order chi connectivity index (χ0) is 19.3. The third-order valence-corrected chi connectivity index (χ3v) is 5.44. The number of benzene rings is 2. The number of carboxylic acids is 1. The third-order valence-electron chi connectivity index (χ3n) is 5.15. The number of halogens is 2. The highest BCUT2D eigenvalue weighted by Gasteiger charge is 2.37. The van der Waals surface area contributed by atoms with Crippen molar-refractivity contribution in [3.63, 3.8) is 0 Å². The predicted molar refractivity (Wildman–Crippen MR) is 99.3 cm³/mol. The standard InChI is InChI=1S/C20H16ClFN2O3/c1-23-16-5-3-2-4-12(16)13-9-17(20(26)27)24(10-18(13)23)19(25)11-6-7-15(22)14(21)8-11/h2-8,17H,9-10H2,1H3,(H,26,27). The smallest absolute Gasteiger partial charge is 0.326 e. The van der Waals surface area contributed by atoms with Gasteiger partial charge in [-0.2, -0.15) is 0 Å². The molecule has 0 saturated heterocycles. The summed E-state index contributed by atoms with van der Waals surface area (Å²) in [6, 6.07) is 10.4. The van der Waals surface area contributed by atoms with E-state index in [0.29, 0.717) is 0 Å². The fraction of sp³-hybridized carbons (Fsp3) is 0.200. The Morgan fingerprint density at radius 3 is 2.67 bits per heavy atom. The van der Waals surface area contributed by atoms with E-state index in [-0.39, 0.29) is 23.6 Å². The van der Waals surface area contributed by atoms with Gasteiger partial charge in [-0.25, -0.2) is 9.18 Å². The molecule has 3 aromatic rings. The zero-order valence-corrected chi connectivity index (χ0v) is 15.2. The molecule has 7 heteroatoms. The van der Waals surface area contributed by atoms with Gasteiger partial charge in [0.2, 0.25) is 0 Å². The van der Waals surface area contributed by atoms with Crippen LogP contribution in [0.15, 0.2) is 42.5 Å². The molecule has 0 saturated carbocycles. The minimum atomic E-state index is -1.07. The molecular formula is C20H16ClFN2O3. The van der Waals surface area contributed by atoms with Crippen molar-refractivity contribution in [3.05, 3.63) is 70.1 Å². The van der Waals surface area contributed by atoms with E-state index in [4.69, 9.17) is 11.6 Å². The van der Waals surface area contributed by atoms with Crippen molar-refractivity contribution in [2.45, 2.75) is 19.0 Å². The van der Waals surface area contributed by atoms with Crippen LogP contribution in [0, 0.1) is 5.82 Å². The summed E-state index contributed by atoms with van der Waals surface area (Å²) in [5, 5.41) is 10.5. The lowest BCUT2D eigenvalue weighted by Gasteiger charge is -2.34. The van der Waals surface area contributed by atoms with E-state index >= 15 is 0 Å². The summed E-state index contributed by atoms with van der Waals surface area (Å²) in [4.78, 5) is 26.2. The Kier molecular flexibility index (Phi) is 4.15. The molecule has 0 bridgehead atoms. The molecule has 138 valence electrons. The fourth-order valence-corrected chi connectivity index (χ4v) is 3.94. The second-order valence-corrected chi connectivity index (χ2v) is 7.03. The first-order chi connectivity index (χ1) is 12.9. The Bertz CT molecular complexity index is 1090. The van der Waals surface area contributed by atoms with Gasteiger partial charge in [0.25, 0.3) is 5.91 Å². The first-order valence-electron chi connectivity index (χ1n) is 8.42. The SMILES string of the molecule is Cn1c2c(c3ccccc31)CC(C(=O)O)N(C(=O)c1ccc(F)c(Cl)c1)C2. The Labute approximate surface area is 159 Å². The van der Waals surface area contributed by atoms with Crippen molar-refractivity contribution >= 4 is 34.4 Å². The quantitative estimate of drug-likeness (QED) is 0.731. The van der Waals surface area contributed by atoms with Gasteiger partial charge < -0.3 is 14.6 Å². The van der Waals surface area contributed by atoms with Crippen molar-refractivity contribution < 1.29 is 19.1 Å². The van der Waals surface area contributed by atoms with Gasteiger partial charge in [0.05, 0.1) is 11.6 Å². The number of hydrogen-bond donors (Lipinski definition) is 1. The maximum atomic E-state index is 13.4. The number of carbonyl (C=O) groups excluding carboxylic acids is 1. The van der Waals surface area contributed by atoms with Crippen LogP contribution in [0.4, 0.5) is 4.39 Å². The summed E-state index contributed by atoms with van der Waals surface area (Å²) in [5.74, 6) is -2.19. The van der Waals surface area contributed by atoms with Crippen molar-refractivity contribution in [2.24, 2.45) is 7.05 Å². The number of carboxylic acid groups (broad SMARTS) is 1. The number of aliphatic carboxylic acids is 1. The summed E-state index contributed by atoms with van der Waals surface area (Å²) in [6.45, 7) is 0.158. The average Bonchev–Trinajstić information content (AvgIpc) is 2.94. The van der Waals surface area contributed by atoms with Gasteiger partial charge in [0.15, 0.2) is 0 Å². The van der Waals surface area contributed by atoms with Gasteiger partial charge in [0, 0.05) is 35.6 Å². The van der Waals surface area contributed by atoms with Crippen LogP contribution in [0.2, 0.25) is 5.02 Å². The Morgan fingerprint density at radius 2 is 1.96 bits per heavy atom. The predicted octanol–water partition coefficient (Wildman–Crippen LogP) is 3.62. The molecular weight excluding hydrogens is 371 g/mol. The number of carbonyl (C=O) groups is 2. The van der Waals surface area contributed by atoms with E-state index in [1.54, 1.807) is 0 Å². The van der Waals surface area contributed by atoms with Crippen LogP contribution in [0.3, 0.4) is 0 Å². The molecule has 2 heterocycles. The van der Waals surface area contributed by atoms with Gasteiger partial charge in [-0.05, 0) is 29.8 Å². The molecule has 2 aromatic carbocycles. The summed E-state index contributed by atoms with van der Waals surface area (Å²) >= 11 is 5.79. The summed E-state index contributed by atoms with van der Waals surface area (Å²) < 4.78 is 15.4. The minimum Gasteiger partial charge on any atom is -0.480 e. The highest BCUT2D eigenvalue weighted by Crippen LogP contribution is 2.33. The Balaban J connectivity index is 1.80. The molecule has 1 aromatic heterocycles. The van der Waals surface area contributed by atoms with Crippen molar-refractivity contribution in [2.75, 3.05) is 0 Å². The minimum absolute atomic E-state index is 0.158. The lowest BCUT2D eigenvalue weighted by atomic mass is 9.95. The van der Waals surface area contributed by atoms with Crippen LogP contribution in [-0.4, -0.2) is 32.5 Å². The Morgan fingerprint density at radius 1 is 1.22 bits per heavy atom. The summed E-state index contributed by atoms with van der Waals surface area (Å²) in [5.41, 5.74) is 3.00. The number of aromatic nitrogens is 1. The van der Waals surface area contributed by atoms with E-state index in [9.17, 15) is 19.1 Å². The second kappa shape index (κ2) is 6.39. The van der Waals surface area contributed by atoms with Crippen LogP contribution in [0.1, 0.15) is 21.6 Å². The Hall–Kier alpha value is -2.86. The zero-order valence-electron chi connectivity index (χ0n) is 14.4. The largest absolute Gasteiger partial charge is 0.480 e. The molecule has 5 nitrogen and oxygen atoms in total. The monoisotopic (exact) mass is 386 g/mol. The number of fused-ring (bicyclic) bond motifs is 3. The van der Waals surface area contributed by atoms with E-state index in [1.807, 2.05) is 35.9 Å². The number of nitrogens with zero attached hydrogens (tertiary/aromatic N) is 2. The van der Waals surface area contributed by atoms with E-state index in [2.05, 4.69) is 0 Å². The lowest BCUT2D eigenvalue weighted by molar-refractivity contribution is -0.142. The van der Waals surface area contributed by atoms with E-state index in [1.165, 1.54) is 17.0 Å².